The maximum Gasteiger partial charge on any atom is 0.107 e. The highest BCUT2D eigenvalue weighted by molar-refractivity contribution is 5.48. The normalized spacial score (nSPS) is 19.3. The van der Waals surface area contributed by atoms with Crippen molar-refractivity contribution in [1.82, 2.24) is 4.98 Å². The number of fused-ring (bicyclic) bond motifs is 1. The molecule has 0 amide bonds. The number of pyridine rings is 1. The number of hydrogen-bond donors (Lipinski definition) is 1. The van der Waals surface area contributed by atoms with E-state index in [9.17, 15) is 0 Å². The summed E-state index contributed by atoms with van der Waals surface area (Å²) < 4.78 is 0. The summed E-state index contributed by atoms with van der Waals surface area (Å²) in [7, 11) is 0. The number of benzene rings is 1. The lowest BCUT2D eigenvalue weighted by atomic mass is 9.86. The number of rotatable bonds is 7. The van der Waals surface area contributed by atoms with Gasteiger partial charge < -0.3 is 5.11 Å². The first-order chi connectivity index (χ1) is 10.8. The Bertz CT molecular complexity index is 690. The van der Waals surface area contributed by atoms with Gasteiger partial charge in [0.25, 0.3) is 0 Å². The van der Waals surface area contributed by atoms with Crippen LogP contribution in [-0.2, 0) is 5.54 Å². The Morgan fingerprint density at radius 1 is 0.955 bits per heavy atom. The van der Waals surface area contributed by atoms with Crippen LogP contribution in [0.25, 0.3) is 6.08 Å². The smallest absolute Gasteiger partial charge is 0.107 e. The van der Waals surface area contributed by atoms with E-state index in [-0.39, 0.29) is 12.1 Å². The van der Waals surface area contributed by atoms with Gasteiger partial charge >= 0.3 is 0 Å². The number of aliphatic hydroxyl groups is 1. The Morgan fingerprint density at radius 3 is 2.59 bits per heavy atom. The second-order valence-electron chi connectivity index (χ2n) is 5.87. The van der Waals surface area contributed by atoms with Gasteiger partial charge in [-0.2, -0.15) is 0 Å². The number of unbranched alkanes of at least 4 members (excludes halogenated alkanes) is 3. The van der Waals surface area contributed by atoms with Gasteiger partial charge in [0.15, 0.2) is 0 Å². The van der Waals surface area contributed by atoms with Gasteiger partial charge in [-0.3, -0.25) is 9.98 Å². The van der Waals surface area contributed by atoms with Crippen molar-refractivity contribution < 1.29 is 5.11 Å². The molecular formula is C19H22N2O. The molecule has 1 N–H and O–H groups in total. The van der Waals surface area contributed by atoms with Gasteiger partial charge in [-0.05, 0) is 36.3 Å². The van der Waals surface area contributed by atoms with Crippen LogP contribution in [0.15, 0.2) is 53.8 Å². The molecule has 0 saturated heterocycles. The van der Waals surface area contributed by atoms with Crippen molar-refractivity contribution in [3.8, 4) is 0 Å². The van der Waals surface area contributed by atoms with Crippen LogP contribution in [0, 0.1) is 0 Å². The maximum atomic E-state index is 8.89. The van der Waals surface area contributed by atoms with E-state index in [1.54, 1.807) is 6.20 Å². The quantitative estimate of drug-likeness (QED) is 0.797. The molecule has 1 aliphatic rings. The van der Waals surface area contributed by atoms with Crippen LogP contribution in [0.1, 0.15) is 37.7 Å². The molecule has 114 valence electrons. The van der Waals surface area contributed by atoms with Crippen LogP contribution in [0.5, 0.6) is 0 Å². The van der Waals surface area contributed by atoms with Crippen molar-refractivity contribution >= 4 is 6.08 Å². The van der Waals surface area contributed by atoms with Crippen molar-refractivity contribution in [1.29, 1.82) is 0 Å². The zero-order valence-corrected chi connectivity index (χ0v) is 12.8. The second-order valence-corrected chi connectivity index (χ2v) is 5.87. The van der Waals surface area contributed by atoms with Gasteiger partial charge in [-0.15, -0.1) is 0 Å². The number of aliphatic hydroxyl groups excluding tert-OH is 1. The highest BCUT2D eigenvalue weighted by Crippen LogP contribution is 2.34. The minimum atomic E-state index is -0.281. The topological polar surface area (TPSA) is 45.5 Å². The third kappa shape index (κ3) is 3.09. The summed E-state index contributed by atoms with van der Waals surface area (Å²) in [5.74, 6) is 0. The first kappa shape index (κ1) is 14.9. The molecule has 1 unspecified atom stereocenters. The van der Waals surface area contributed by atoms with Crippen molar-refractivity contribution in [2.45, 2.75) is 37.6 Å². The summed E-state index contributed by atoms with van der Waals surface area (Å²) in [4.78, 5) is 9.31. The Morgan fingerprint density at radius 2 is 1.82 bits per heavy atom. The molecule has 2 heterocycles. The molecule has 1 aromatic heterocycles. The number of aromatic nitrogens is 1. The van der Waals surface area contributed by atoms with E-state index < -0.39 is 0 Å². The average Bonchev–Trinajstić information content (AvgIpc) is 2.95. The van der Waals surface area contributed by atoms with Crippen LogP contribution >= 0.6 is 0 Å². The fourth-order valence-corrected chi connectivity index (χ4v) is 3.11. The van der Waals surface area contributed by atoms with Gasteiger partial charge in [-0.1, -0.05) is 43.5 Å². The molecule has 0 fully saturated rings. The molecular weight excluding hydrogens is 272 g/mol. The lowest BCUT2D eigenvalue weighted by Gasteiger charge is -2.24. The van der Waals surface area contributed by atoms with Gasteiger partial charge in [0, 0.05) is 24.6 Å². The third-order valence-corrected chi connectivity index (χ3v) is 4.28. The summed E-state index contributed by atoms with van der Waals surface area (Å²) >= 11 is 0. The first-order valence-corrected chi connectivity index (χ1v) is 8.03. The average molecular weight is 294 g/mol. The van der Waals surface area contributed by atoms with E-state index in [1.807, 2.05) is 18.3 Å². The Hall–Kier alpha value is -2.00. The van der Waals surface area contributed by atoms with Crippen molar-refractivity contribution in [2.24, 2.45) is 4.99 Å². The molecule has 22 heavy (non-hydrogen) atoms. The van der Waals surface area contributed by atoms with Crippen molar-refractivity contribution in [3.63, 3.8) is 0 Å². The number of para-hydroxylation sites is 1. The molecule has 0 saturated carbocycles. The second kappa shape index (κ2) is 6.84. The lowest BCUT2D eigenvalue weighted by Crippen LogP contribution is -2.20. The molecule has 0 spiro atoms. The third-order valence-electron chi connectivity index (χ3n) is 4.28. The molecule has 0 aliphatic carbocycles. The van der Waals surface area contributed by atoms with Crippen LogP contribution in [0.2, 0.25) is 0 Å². The van der Waals surface area contributed by atoms with Gasteiger partial charge in [0.1, 0.15) is 5.54 Å². The molecule has 2 aromatic rings. The number of hydrogen-bond acceptors (Lipinski definition) is 3. The molecule has 3 heteroatoms. The molecule has 3 rings (SSSR count). The van der Waals surface area contributed by atoms with E-state index in [4.69, 9.17) is 10.1 Å². The van der Waals surface area contributed by atoms with E-state index >= 15 is 0 Å². The molecule has 1 aromatic carbocycles. The lowest BCUT2D eigenvalue weighted by molar-refractivity contribution is 0.281. The van der Waals surface area contributed by atoms with E-state index in [1.165, 1.54) is 5.22 Å². The highest BCUT2D eigenvalue weighted by atomic mass is 16.2. The Balaban J connectivity index is 1.87. The molecule has 0 bridgehead atoms. The molecule has 0 radical (unpaired) electrons. The molecule has 3 nitrogen and oxygen atoms in total. The standard InChI is InChI=1S/C19H22N2O/c22-13-6-2-1-5-11-19(17-9-7-12-20-15-17)14-16-8-3-4-10-18(16)21-19/h3-4,7-10,12,14-15,22H,1-2,5-6,11,13H2. The Kier molecular flexibility index (Phi) is 4.64. The minimum absolute atomic E-state index is 0.281. The van der Waals surface area contributed by atoms with E-state index in [2.05, 4.69) is 35.3 Å². The van der Waals surface area contributed by atoms with Gasteiger partial charge in [0.2, 0.25) is 0 Å². The first-order valence-electron chi connectivity index (χ1n) is 8.03. The van der Waals surface area contributed by atoms with Crippen LogP contribution in [0.4, 0.5) is 0 Å². The fourth-order valence-electron chi connectivity index (χ4n) is 3.11. The fraction of sp³-hybridized carbons (Fsp3) is 0.368. The van der Waals surface area contributed by atoms with Gasteiger partial charge in [0.05, 0.1) is 5.36 Å². The number of nitrogens with zero attached hydrogens (tertiary/aromatic N) is 2. The van der Waals surface area contributed by atoms with Crippen molar-refractivity contribution in [3.05, 3.63) is 64.9 Å². The summed E-state index contributed by atoms with van der Waals surface area (Å²) in [5, 5.41) is 11.2. The van der Waals surface area contributed by atoms with E-state index in [0.717, 1.165) is 43.0 Å². The summed E-state index contributed by atoms with van der Waals surface area (Å²) in [6.07, 6.45) is 11.2. The highest BCUT2D eigenvalue weighted by Gasteiger charge is 2.31. The SMILES string of the molecule is OCCCCCCC1(c2cccnc2)C=c2ccccc2=N1. The predicted molar refractivity (Wildman–Crippen MR) is 87.8 cm³/mol. The summed E-state index contributed by atoms with van der Waals surface area (Å²) in [6.45, 7) is 0.287. The van der Waals surface area contributed by atoms with Crippen LogP contribution in [0.3, 0.4) is 0 Å². The van der Waals surface area contributed by atoms with Gasteiger partial charge in [-0.25, -0.2) is 0 Å². The Labute approximate surface area is 131 Å². The molecule has 1 aliphatic heterocycles. The maximum absolute atomic E-state index is 8.89. The predicted octanol–water partition coefficient (Wildman–Crippen LogP) is 2.33. The van der Waals surface area contributed by atoms with Crippen molar-refractivity contribution in [2.75, 3.05) is 6.61 Å². The summed E-state index contributed by atoms with van der Waals surface area (Å²) in [5.41, 5.74) is 0.880. The monoisotopic (exact) mass is 294 g/mol. The minimum Gasteiger partial charge on any atom is -0.396 e. The zero-order chi connectivity index (χ0) is 15.3. The largest absolute Gasteiger partial charge is 0.396 e. The zero-order valence-electron chi connectivity index (χ0n) is 12.8. The van der Waals surface area contributed by atoms with E-state index in [0.29, 0.717) is 0 Å². The van der Waals surface area contributed by atoms with Crippen LogP contribution in [-0.4, -0.2) is 16.7 Å². The molecule has 1 atom stereocenters. The van der Waals surface area contributed by atoms with Crippen LogP contribution < -0.4 is 10.6 Å². The summed E-state index contributed by atoms with van der Waals surface area (Å²) in [6, 6.07) is 12.4.